The van der Waals surface area contributed by atoms with E-state index in [4.69, 9.17) is 0 Å². The molecule has 80 valence electrons. The largest absolute Gasteiger partial charge is 0.245 e. The third-order valence-electron chi connectivity index (χ3n) is 1.68. The van der Waals surface area contributed by atoms with Gasteiger partial charge in [-0.05, 0) is 18.9 Å². The topological polar surface area (TPSA) is 30.7 Å². The fourth-order valence-electron chi connectivity index (χ4n) is 1.13. The molecule has 3 heteroatoms. The van der Waals surface area contributed by atoms with Crippen LogP contribution in [0.1, 0.15) is 46.2 Å². The van der Waals surface area contributed by atoms with Crippen molar-refractivity contribution in [3.8, 4) is 0 Å². The standard InChI is InChI=1S/C7H9N3.2C2H6/c1-2-4-7-6-8-9-10(7)5-3-1;2*1-2/h2,4,6H,1,3,5H2;2*1-2H3. The number of aromatic nitrogens is 3. The number of rotatable bonds is 0. The first-order valence-corrected chi connectivity index (χ1v) is 5.52. The van der Waals surface area contributed by atoms with E-state index in [2.05, 4.69) is 22.5 Å². The van der Waals surface area contributed by atoms with E-state index in [0.717, 1.165) is 18.7 Å². The summed E-state index contributed by atoms with van der Waals surface area (Å²) < 4.78 is 1.93. The van der Waals surface area contributed by atoms with E-state index in [1.165, 1.54) is 6.42 Å². The molecule has 1 aromatic rings. The second kappa shape index (κ2) is 8.48. The number of allylic oxidation sites excluding steroid dienone is 1. The third kappa shape index (κ3) is 3.73. The lowest BCUT2D eigenvalue weighted by Crippen LogP contribution is -2.00. The summed E-state index contributed by atoms with van der Waals surface area (Å²) in [6, 6.07) is 0. The average Bonchev–Trinajstić information content (AvgIpc) is 2.61. The summed E-state index contributed by atoms with van der Waals surface area (Å²) in [7, 11) is 0. The number of nitrogens with zero attached hydrogens (tertiary/aromatic N) is 3. The summed E-state index contributed by atoms with van der Waals surface area (Å²) >= 11 is 0. The number of hydrogen-bond acceptors (Lipinski definition) is 2. The number of hydrogen-bond donors (Lipinski definition) is 0. The molecule has 1 aliphatic rings. The molecule has 2 heterocycles. The van der Waals surface area contributed by atoms with Crippen molar-refractivity contribution in [2.24, 2.45) is 0 Å². The zero-order valence-corrected chi connectivity index (χ0v) is 9.70. The van der Waals surface area contributed by atoms with Crippen molar-refractivity contribution in [1.29, 1.82) is 0 Å². The fraction of sp³-hybridized carbons (Fsp3) is 0.636. The molecule has 0 bridgehead atoms. The highest BCUT2D eigenvalue weighted by molar-refractivity contribution is 5.43. The molecule has 2 rings (SSSR count). The van der Waals surface area contributed by atoms with Gasteiger partial charge in [-0.15, -0.1) is 5.10 Å². The van der Waals surface area contributed by atoms with Gasteiger partial charge in [-0.25, -0.2) is 4.68 Å². The first kappa shape index (κ1) is 12.9. The minimum absolute atomic E-state index is 1.00. The molecule has 0 unspecified atom stereocenters. The lowest BCUT2D eigenvalue weighted by molar-refractivity contribution is 0.565. The summed E-state index contributed by atoms with van der Waals surface area (Å²) in [6.07, 6.45) is 8.37. The van der Waals surface area contributed by atoms with Crippen molar-refractivity contribution in [1.82, 2.24) is 15.0 Å². The van der Waals surface area contributed by atoms with Crippen molar-refractivity contribution in [2.45, 2.75) is 47.1 Å². The Bertz CT molecular complexity index is 251. The molecule has 14 heavy (non-hydrogen) atoms. The monoisotopic (exact) mass is 195 g/mol. The Morgan fingerprint density at radius 2 is 1.93 bits per heavy atom. The van der Waals surface area contributed by atoms with E-state index < -0.39 is 0 Å². The second-order valence-corrected chi connectivity index (χ2v) is 2.43. The van der Waals surface area contributed by atoms with Crippen molar-refractivity contribution in [3.63, 3.8) is 0 Å². The highest BCUT2D eigenvalue weighted by Gasteiger charge is 2.01. The van der Waals surface area contributed by atoms with Crippen LogP contribution in [-0.4, -0.2) is 15.0 Å². The Labute approximate surface area is 86.8 Å². The van der Waals surface area contributed by atoms with Gasteiger partial charge in [0.15, 0.2) is 0 Å². The maximum absolute atomic E-state index is 3.93. The molecular formula is C11H21N3. The van der Waals surface area contributed by atoms with Crippen LogP contribution < -0.4 is 0 Å². The first-order valence-electron chi connectivity index (χ1n) is 5.52. The van der Waals surface area contributed by atoms with Gasteiger partial charge in [-0.3, -0.25) is 0 Å². The molecule has 0 N–H and O–H groups in total. The number of fused-ring (bicyclic) bond motifs is 1. The van der Waals surface area contributed by atoms with E-state index in [9.17, 15) is 0 Å². The van der Waals surface area contributed by atoms with Gasteiger partial charge in [-0.2, -0.15) is 0 Å². The molecule has 0 aromatic carbocycles. The van der Waals surface area contributed by atoms with Crippen LogP contribution in [0.25, 0.3) is 6.08 Å². The maximum atomic E-state index is 3.93. The van der Waals surface area contributed by atoms with Crippen molar-refractivity contribution >= 4 is 6.08 Å². The van der Waals surface area contributed by atoms with Crippen molar-refractivity contribution < 1.29 is 0 Å². The van der Waals surface area contributed by atoms with Crippen LogP contribution in [0.4, 0.5) is 0 Å². The van der Waals surface area contributed by atoms with Gasteiger partial charge in [0.25, 0.3) is 0 Å². The van der Waals surface area contributed by atoms with Gasteiger partial charge in [0.2, 0.25) is 0 Å². The Hall–Kier alpha value is -1.12. The van der Waals surface area contributed by atoms with Crippen LogP contribution in [0.15, 0.2) is 12.3 Å². The normalized spacial score (nSPS) is 12.6. The highest BCUT2D eigenvalue weighted by Crippen LogP contribution is 2.08. The van der Waals surface area contributed by atoms with Crippen molar-refractivity contribution in [2.75, 3.05) is 0 Å². The predicted molar refractivity (Wildman–Crippen MR) is 61.0 cm³/mol. The van der Waals surface area contributed by atoms with Gasteiger partial charge >= 0.3 is 0 Å². The fourth-order valence-corrected chi connectivity index (χ4v) is 1.13. The van der Waals surface area contributed by atoms with Crippen LogP contribution >= 0.6 is 0 Å². The molecule has 0 atom stereocenters. The molecule has 0 aliphatic carbocycles. The molecule has 1 aliphatic heterocycles. The summed E-state index contributed by atoms with van der Waals surface area (Å²) in [6.45, 7) is 9.00. The lowest BCUT2D eigenvalue weighted by atomic mass is 10.3. The Morgan fingerprint density at radius 3 is 2.64 bits per heavy atom. The zero-order valence-electron chi connectivity index (χ0n) is 9.70. The summed E-state index contributed by atoms with van der Waals surface area (Å²) in [5.74, 6) is 0. The molecule has 0 saturated heterocycles. The predicted octanol–water partition coefficient (Wildman–Crippen LogP) is 3.14. The highest BCUT2D eigenvalue weighted by atomic mass is 15.4. The van der Waals surface area contributed by atoms with E-state index in [0.29, 0.717) is 0 Å². The SMILES string of the molecule is C1=Cc2cnnn2CCC1.CC.CC. The molecule has 0 radical (unpaired) electrons. The maximum Gasteiger partial charge on any atom is 0.0810 e. The Kier molecular flexibility index (Phi) is 7.80. The quantitative estimate of drug-likeness (QED) is 0.636. The molecule has 0 amide bonds. The van der Waals surface area contributed by atoms with Crippen LogP contribution in [0.2, 0.25) is 0 Å². The van der Waals surface area contributed by atoms with Crippen LogP contribution in [0.5, 0.6) is 0 Å². The molecule has 0 fully saturated rings. The lowest BCUT2D eigenvalue weighted by Gasteiger charge is -1.95. The molecule has 1 aromatic heterocycles. The van der Waals surface area contributed by atoms with Gasteiger partial charge < -0.3 is 0 Å². The smallest absolute Gasteiger partial charge is 0.0810 e. The summed E-state index contributed by atoms with van der Waals surface area (Å²) in [5.41, 5.74) is 1.12. The first-order chi connectivity index (χ1) is 6.97. The third-order valence-corrected chi connectivity index (χ3v) is 1.68. The summed E-state index contributed by atoms with van der Waals surface area (Å²) in [4.78, 5) is 0. The average molecular weight is 195 g/mol. The van der Waals surface area contributed by atoms with Crippen molar-refractivity contribution in [3.05, 3.63) is 18.0 Å². The van der Waals surface area contributed by atoms with Crippen LogP contribution in [-0.2, 0) is 6.54 Å². The minimum Gasteiger partial charge on any atom is -0.245 e. The Balaban J connectivity index is 0.000000379. The number of aryl methyl sites for hydroxylation is 1. The molecule has 0 saturated carbocycles. The molecule has 3 nitrogen and oxygen atoms in total. The minimum atomic E-state index is 1.00. The zero-order chi connectivity index (χ0) is 10.8. The van der Waals surface area contributed by atoms with E-state index in [-0.39, 0.29) is 0 Å². The second-order valence-electron chi connectivity index (χ2n) is 2.43. The van der Waals surface area contributed by atoms with Gasteiger partial charge in [0, 0.05) is 6.54 Å². The van der Waals surface area contributed by atoms with Crippen LogP contribution in [0.3, 0.4) is 0 Å². The Morgan fingerprint density at radius 1 is 1.21 bits per heavy atom. The van der Waals surface area contributed by atoms with Crippen LogP contribution in [0, 0.1) is 0 Å². The van der Waals surface area contributed by atoms with Gasteiger partial charge in [0.1, 0.15) is 0 Å². The summed E-state index contributed by atoms with van der Waals surface area (Å²) in [5, 5.41) is 7.74. The van der Waals surface area contributed by atoms with E-state index in [1.54, 1.807) is 6.20 Å². The molecule has 0 spiro atoms. The van der Waals surface area contributed by atoms with E-state index >= 15 is 0 Å². The van der Waals surface area contributed by atoms with Gasteiger partial charge in [0.05, 0.1) is 11.9 Å². The molecular weight excluding hydrogens is 174 g/mol. The van der Waals surface area contributed by atoms with Gasteiger partial charge in [-0.1, -0.05) is 39.0 Å². The van der Waals surface area contributed by atoms with E-state index in [1.807, 2.05) is 32.4 Å².